The van der Waals surface area contributed by atoms with Gasteiger partial charge in [0.15, 0.2) is 0 Å². The maximum atomic E-state index is 9.16. The molecule has 0 spiro atoms. The van der Waals surface area contributed by atoms with Crippen molar-refractivity contribution in [3.05, 3.63) is 61.2 Å². The Morgan fingerprint density at radius 3 is 2.23 bits per heavy atom. The Bertz CT molecular complexity index is 301. The third kappa shape index (κ3) is 3.10. The number of hydrogen-bond acceptors (Lipinski definition) is 1. The van der Waals surface area contributed by atoms with Gasteiger partial charge in [-0.3, -0.25) is 0 Å². The molecule has 0 aliphatic carbocycles. The van der Waals surface area contributed by atoms with E-state index in [0.717, 1.165) is 5.56 Å². The first-order valence-electron chi connectivity index (χ1n) is 3.68. The smallest absolute Gasteiger partial charge is 0.0358 e. The van der Waals surface area contributed by atoms with Crippen molar-refractivity contribution >= 4 is 5.57 Å². The molecule has 0 bridgehead atoms. The largest absolute Gasteiger partial charge is 0.527 e. The first-order chi connectivity index (χ1) is 5.75. The van der Waals surface area contributed by atoms with E-state index < -0.39 is 0 Å². The van der Waals surface area contributed by atoms with Gasteiger partial charge >= 0.3 is 0 Å². The second-order valence-electron chi connectivity index (χ2n) is 2.43. The summed E-state index contributed by atoms with van der Waals surface area (Å²) in [6.45, 7) is 7.05. The van der Waals surface area contributed by atoms with Crippen molar-refractivity contribution < 1.29 is 25.5 Å². The van der Waals surface area contributed by atoms with Crippen LogP contribution in [0, 0.1) is 6.92 Å². The summed E-state index contributed by atoms with van der Waals surface area (Å²) in [5.41, 5.74) is 1.61. The van der Waals surface area contributed by atoms with Crippen molar-refractivity contribution in [3.63, 3.8) is 0 Å². The number of benzene rings is 1. The zero-order valence-electron chi connectivity index (χ0n) is 7.14. The van der Waals surface area contributed by atoms with Crippen molar-refractivity contribution in [2.45, 2.75) is 0 Å². The van der Waals surface area contributed by atoms with Crippen molar-refractivity contribution in [3.8, 4) is 0 Å². The third-order valence-corrected chi connectivity index (χ3v) is 1.60. The minimum absolute atomic E-state index is 0. The number of aliphatic hydroxyl groups is 1. The molecule has 72 valence electrons. The number of aliphatic hydroxyl groups excluding tert-OH is 1. The maximum absolute atomic E-state index is 9.16. The van der Waals surface area contributed by atoms with Crippen LogP contribution in [-0.4, -0.2) is 5.11 Å². The van der Waals surface area contributed by atoms with E-state index in [1.165, 1.54) is 0 Å². The van der Waals surface area contributed by atoms with Gasteiger partial charge in [-0.2, -0.15) is 0 Å². The molecule has 13 heavy (non-hydrogen) atoms. The second kappa shape index (κ2) is 5.64. The second-order valence-corrected chi connectivity index (χ2v) is 2.43. The summed E-state index contributed by atoms with van der Waals surface area (Å²) in [7, 11) is 0. The van der Waals surface area contributed by atoms with E-state index in [1.54, 1.807) is 6.08 Å². The predicted octanol–water partition coefficient (Wildman–Crippen LogP) is 2.97. The van der Waals surface area contributed by atoms with E-state index in [0.29, 0.717) is 5.57 Å². The molecular weight excluding hydrogens is 255 g/mol. The number of hydrogen-bond donors (Lipinski definition) is 1. The monoisotopic (exact) mass is 265 g/mol. The van der Waals surface area contributed by atoms with E-state index in [9.17, 15) is 0 Å². The van der Waals surface area contributed by atoms with Crippen LogP contribution in [0.3, 0.4) is 0 Å². The zero-order valence-corrected chi connectivity index (χ0v) is 8.70. The van der Waals surface area contributed by atoms with Gasteiger partial charge in [0.25, 0.3) is 0 Å². The van der Waals surface area contributed by atoms with Crippen LogP contribution in [0.2, 0.25) is 0 Å². The minimum Gasteiger partial charge on any atom is -0.527 e. The van der Waals surface area contributed by atoms with Crippen molar-refractivity contribution in [2.24, 2.45) is 0 Å². The Kier molecular flexibility index (Phi) is 5.22. The molecule has 1 N–H and O–H groups in total. The molecule has 0 fully saturated rings. The molecule has 0 amide bonds. The molecule has 0 heterocycles. The van der Waals surface area contributed by atoms with Crippen LogP contribution in [0.5, 0.6) is 0 Å². The molecular formula is C11H11OPd-. The van der Waals surface area contributed by atoms with E-state index in [-0.39, 0.29) is 26.2 Å². The molecule has 1 nitrogen and oxygen atoms in total. The van der Waals surface area contributed by atoms with Crippen LogP contribution < -0.4 is 0 Å². The quantitative estimate of drug-likeness (QED) is 0.377. The molecule has 0 aliphatic rings. The SMILES string of the molecule is C=C(O)/C(=C\[CH2-])c1ccccc1.[Pd]. The first kappa shape index (κ1) is 12.0. The fraction of sp³-hybridized carbons (Fsp3) is 0. The number of allylic oxidation sites excluding steroid dienone is 2. The van der Waals surface area contributed by atoms with Gasteiger partial charge in [-0.05, 0) is 0 Å². The molecule has 0 unspecified atom stereocenters. The third-order valence-electron chi connectivity index (χ3n) is 1.60. The molecule has 2 heteroatoms. The zero-order chi connectivity index (χ0) is 8.97. The van der Waals surface area contributed by atoms with Gasteiger partial charge in [0.1, 0.15) is 0 Å². The summed E-state index contributed by atoms with van der Waals surface area (Å²) in [5.74, 6) is 0.0520. The topological polar surface area (TPSA) is 20.2 Å². The van der Waals surface area contributed by atoms with Gasteiger partial charge in [-0.1, -0.05) is 42.5 Å². The van der Waals surface area contributed by atoms with Gasteiger partial charge in [0, 0.05) is 26.2 Å². The summed E-state index contributed by atoms with van der Waals surface area (Å²) in [4.78, 5) is 0. The summed E-state index contributed by atoms with van der Waals surface area (Å²) in [6.07, 6.45) is 1.59. The van der Waals surface area contributed by atoms with E-state index in [1.807, 2.05) is 30.3 Å². The Labute approximate surface area is 92.5 Å². The summed E-state index contributed by atoms with van der Waals surface area (Å²) >= 11 is 0. The fourth-order valence-electron chi connectivity index (χ4n) is 1.02. The van der Waals surface area contributed by atoms with Crippen LogP contribution >= 0.6 is 0 Å². The molecule has 1 rings (SSSR count). The summed E-state index contributed by atoms with van der Waals surface area (Å²) in [5, 5.41) is 9.16. The molecule has 0 radical (unpaired) electrons. The predicted molar refractivity (Wildman–Crippen MR) is 51.5 cm³/mol. The fourth-order valence-corrected chi connectivity index (χ4v) is 1.02. The average Bonchev–Trinajstić information content (AvgIpc) is 2.07. The normalized spacial score (nSPS) is 10.3. The van der Waals surface area contributed by atoms with Gasteiger partial charge in [0.2, 0.25) is 0 Å². The van der Waals surface area contributed by atoms with E-state index in [4.69, 9.17) is 5.11 Å². The molecule has 1 aromatic carbocycles. The molecule has 0 atom stereocenters. The number of rotatable bonds is 2. The Balaban J connectivity index is 0.00000144. The van der Waals surface area contributed by atoms with Crippen LogP contribution in [0.1, 0.15) is 5.56 Å². The molecule has 0 saturated heterocycles. The Morgan fingerprint density at radius 1 is 1.31 bits per heavy atom. The van der Waals surface area contributed by atoms with Crippen LogP contribution in [0.25, 0.3) is 5.57 Å². The maximum Gasteiger partial charge on any atom is 0.0358 e. The average molecular weight is 266 g/mol. The van der Waals surface area contributed by atoms with Gasteiger partial charge in [0.05, 0.1) is 0 Å². The molecule has 0 saturated carbocycles. The van der Waals surface area contributed by atoms with E-state index >= 15 is 0 Å². The molecule has 0 aliphatic heterocycles. The van der Waals surface area contributed by atoms with Crippen LogP contribution in [0.4, 0.5) is 0 Å². The van der Waals surface area contributed by atoms with Crippen molar-refractivity contribution in [1.29, 1.82) is 0 Å². The summed E-state index contributed by atoms with van der Waals surface area (Å²) in [6, 6.07) is 9.53. The van der Waals surface area contributed by atoms with Crippen molar-refractivity contribution in [2.75, 3.05) is 0 Å². The van der Waals surface area contributed by atoms with Crippen molar-refractivity contribution in [1.82, 2.24) is 0 Å². The molecule has 0 aromatic heterocycles. The van der Waals surface area contributed by atoms with Crippen LogP contribution in [-0.2, 0) is 20.4 Å². The van der Waals surface area contributed by atoms with E-state index in [2.05, 4.69) is 13.5 Å². The Hall–Kier alpha value is -0.968. The van der Waals surface area contributed by atoms with Crippen LogP contribution in [0.15, 0.2) is 48.7 Å². The standard InChI is InChI=1S/C11H11O.Pd/c1-3-11(9(2)12)10-7-5-4-6-8-10;/h3-8,12H,1-2H2;/q-1;/b11-3+;. The van der Waals surface area contributed by atoms with Gasteiger partial charge in [-0.25, -0.2) is 13.0 Å². The van der Waals surface area contributed by atoms with Gasteiger partial charge in [-0.15, -0.1) is 5.57 Å². The minimum atomic E-state index is 0. The summed E-state index contributed by atoms with van der Waals surface area (Å²) < 4.78 is 0. The molecule has 1 aromatic rings. The Morgan fingerprint density at radius 2 is 1.85 bits per heavy atom. The van der Waals surface area contributed by atoms with Gasteiger partial charge < -0.3 is 5.11 Å². The first-order valence-corrected chi connectivity index (χ1v) is 3.68.